The number of rotatable bonds is 2. The molecule has 1 aliphatic rings. The maximum Gasteiger partial charge on any atom is 0.127 e. The molecule has 1 aromatic carbocycles. The van der Waals surface area contributed by atoms with Gasteiger partial charge in [0.2, 0.25) is 0 Å². The van der Waals surface area contributed by atoms with Crippen molar-refractivity contribution >= 4 is 11.0 Å². The van der Waals surface area contributed by atoms with Crippen molar-refractivity contribution in [2.24, 2.45) is 0 Å². The van der Waals surface area contributed by atoms with E-state index in [4.69, 9.17) is 0 Å². The molecule has 3 heteroatoms. The van der Waals surface area contributed by atoms with Gasteiger partial charge in [-0.15, -0.1) is 0 Å². The first-order valence-corrected chi connectivity index (χ1v) is 5.61. The van der Waals surface area contributed by atoms with Crippen LogP contribution >= 0.6 is 0 Å². The van der Waals surface area contributed by atoms with Crippen LogP contribution < -0.4 is 0 Å². The van der Waals surface area contributed by atoms with Crippen LogP contribution in [0.4, 0.5) is 0 Å². The van der Waals surface area contributed by atoms with Crippen molar-refractivity contribution in [3.63, 3.8) is 0 Å². The number of nitrogens with zero attached hydrogens (tertiary/aromatic N) is 1. The predicted molar refractivity (Wildman–Crippen MR) is 53.8 cm³/mol. The van der Waals surface area contributed by atoms with Gasteiger partial charge in [0.25, 0.3) is 0 Å². The molecule has 2 nitrogen and oxygen atoms in total. The molecular weight excluding hydrogens is 182 g/mol. The summed E-state index contributed by atoms with van der Waals surface area (Å²) in [7, 11) is -0.916. The van der Waals surface area contributed by atoms with Gasteiger partial charge in [-0.3, -0.25) is 0 Å². The average molecular weight is 195 g/mol. The molecule has 0 aliphatic carbocycles. The van der Waals surface area contributed by atoms with Crippen molar-refractivity contribution in [1.29, 1.82) is 0 Å². The zero-order chi connectivity index (χ0) is 9.26. The summed E-state index contributed by atoms with van der Waals surface area (Å²) in [5, 5.41) is 0. The Morgan fingerprint density at radius 2 is 1.85 bits per heavy atom. The maximum atomic E-state index is 11.8. The Kier molecular flexibility index (Phi) is 2.47. The quantitative estimate of drug-likeness (QED) is 0.703. The summed E-state index contributed by atoms with van der Waals surface area (Å²) in [6.07, 6.45) is 1.18. The summed E-state index contributed by atoms with van der Waals surface area (Å²) in [6.45, 7) is 3.98. The normalized spacial score (nSPS) is 19.5. The van der Waals surface area contributed by atoms with E-state index < -0.39 is 11.0 Å². The van der Waals surface area contributed by atoms with E-state index in [0.29, 0.717) is 0 Å². The van der Waals surface area contributed by atoms with Gasteiger partial charge in [0.1, 0.15) is 11.0 Å². The minimum Gasteiger partial charge on any atom is -0.237 e. The van der Waals surface area contributed by atoms with Crippen molar-refractivity contribution in [3.8, 4) is 0 Å². The SMILES string of the molecule is Cc1ccc(S(=O)N2CCC2)cc1. The largest absolute Gasteiger partial charge is 0.237 e. The highest BCUT2D eigenvalue weighted by Crippen LogP contribution is 2.17. The third kappa shape index (κ3) is 1.81. The fourth-order valence-corrected chi connectivity index (χ4v) is 2.51. The number of aryl methyl sites for hydroxylation is 1. The number of hydrogen-bond acceptors (Lipinski definition) is 1. The monoisotopic (exact) mass is 195 g/mol. The molecule has 1 aliphatic heterocycles. The van der Waals surface area contributed by atoms with Crippen LogP contribution in [0.25, 0.3) is 0 Å². The fraction of sp³-hybridized carbons (Fsp3) is 0.400. The first-order chi connectivity index (χ1) is 6.27. The highest BCUT2D eigenvalue weighted by atomic mass is 32.2. The van der Waals surface area contributed by atoms with Gasteiger partial charge in [0, 0.05) is 13.1 Å². The third-order valence-corrected chi connectivity index (χ3v) is 3.78. The van der Waals surface area contributed by atoms with Crippen molar-refractivity contribution in [3.05, 3.63) is 29.8 Å². The molecule has 0 spiro atoms. The predicted octanol–water partition coefficient (Wildman–Crippen LogP) is 1.72. The molecule has 1 aromatic rings. The molecule has 70 valence electrons. The van der Waals surface area contributed by atoms with Crippen LogP contribution in [-0.4, -0.2) is 21.6 Å². The molecule has 0 aromatic heterocycles. The second-order valence-electron chi connectivity index (χ2n) is 3.34. The highest BCUT2D eigenvalue weighted by Gasteiger charge is 2.20. The zero-order valence-electron chi connectivity index (χ0n) is 7.69. The molecular formula is C10H13NOS. The Balaban J connectivity index is 2.15. The van der Waals surface area contributed by atoms with Gasteiger partial charge in [0.15, 0.2) is 0 Å². The summed E-state index contributed by atoms with van der Waals surface area (Å²) in [5.74, 6) is 0. The molecule has 2 rings (SSSR count). The summed E-state index contributed by atoms with van der Waals surface area (Å²) in [6, 6.07) is 7.91. The van der Waals surface area contributed by atoms with Crippen LogP contribution in [0.3, 0.4) is 0 Å². The van der Waals surface area contributed by atoms with Crippen LogP contribution in [0.5, 0.6) is 0 Å². The van der Waals surface area contributed by atoms with Gasteiger partial charge in [-0.05, 0) is 25.5 Å². The van der Waals surface area contributed by atoms with E-state index in [1.807, 2.05) is 35.5 Å². The molecule has 0 N–H and O–H groups in total. The standard InChI is InChI=1S/C10H13NOS/c1-9-3-5-10(6-4-9)13(12)11-7-2-8-11/h3-6H,2,7-8H2,1H3. The molecule has 1 saturated heterocycles. The van der Waals surface area contributed by atoms with E-state index in [0.717, 1.165) is 18.0 Å². The van der Waals surface area contributed by atoms with Gasteiger partial charge >= 0.3 is 0 Å². The molecule has 0 bridgehead atoms. The fourth-order valence-electron chi connectivity index (χ4n) is 1.26. The van der Waals surface area contributed by atoms with Crippen LogP contribution in [-0.2, 0) is 11.0 Å². The first-order valence-electron chi connectivity index (χ1n) is 4.51. The lowest BCUT2D eigenvalue weighted by Gasteiger charge is -2.28. The summed E-state index contributed by atoms with van der Waals surface area (Å²) < 4.78 is 13.8. The zero-order valence-corrected chi connectivity index (χ0v) is 8.51. The Morgan fingerprint density at radius 1 is 1.23 bits per heavy atom. The van der Waals surface area contributed by atoms with Gasteiger partial charge in [-0.2, -0.15) is 0 Å². The molecule has 1 atom stereocenters. The minimum atomic E-state index is -0.916. The van der Waals surface area contributed by atoms with Crippen LogP contribution in [0.1, 0.15) is 12.0 Å². The topological polar surface area (TPSA) is 20.3 Å². The van der Waals surface area contributed by atoms with Crippen molar-refractivity contribution < 1.29 is 4.21 Å². The lowest BCUT2D eigenvalue weighted by atomic mass is 10.2. The van der Waals surface area contributed by atoms with Crippen LogP contribution in [0.2, 0.25) is 0 Å². The maximum absolute atomic E-state index is 11.8. The van der Waals surface area contributed by atoms with E-state index in [1.54, 1.807) is 0 Å². The van der Waals surface area contributed by atoms with Gasteiger partial charge in [-0.25, -0.2) is 8.51 Å². The van der Waals surface area contributed by atoms with Gasteiger partial charge in [-0.1, -0.05) is 17.7 Å². The Bertz CT molecular complexity index is 316. The van der Waals surface area contributed by atoms with Crippen LogP contribution in [0.15, 0.2) is 29.2 Å². The Morgan fingerprint density at radius 3 is 2.31 bits per heavy atom. The number of hydrogen-bond donors (Lipinski definition) is 0. The van der Waals surface area contributed by atoms with Crippen molar-refractivity contribution in [2.75, 3.05) is 13.1 Å². The molecule has 0 radical (unpaired) electrons. The van der Waals surface area contributed by atoms with Gasteiger partial charge < -0.3 is 0 Å². The molecule has 1 fully saturated rings. The van der Waals surface area contributed by atoms with Crippen LogP contribution in [0, 0.1) is 6.92 Å². The molecule has 1 heterocycles. The van der Waals surface area contributed by atoms with Crippen molar-refractivity contribution in [2.45, 2.75) is 18.2 Å². The van der Waals surface area contributed by atoms with Gasteiger partial charge in [0.05, 0.1) is 4.90 Å². The second-order valence-corrected chi connectivity index (χ2v) is 4.83. The molecule has 0 amide bonds. The third-order valence-electron chi connectivity index (χ3n) is 2.27. The summed E-state index contributed by atoms with van der Waals surface area (Å²) in [4.78, 5) is 0.922. The average Bonchev–Trinajstić information content (AvgIpc) is 2.02. The van der Waals surface area contributed by atoms with E-state index in [2.05, 4.69) is 0 Å². The summed E-state index contributed by atoms with van der Waals surface area (Å²) >= 11 is 0. The molecule has 1 unspecified atom stereocenters. The number of benzene rings is 1. The minimum absolute atomic E-state index is 0.916. The molecule has 0 saturated carbocycles. The van der Waals surface area contributed by atoms with E-state index in [9.17, 15) is 4.21 Å². The Hall–Kier alpha value is -0.670. The lowest BCUT2D eigenvalue weighted by Crippen LogP contribution is -2.38. The van der Waals surface area contributed by atoms with E-state index in [-0.39, 0.29) is 0 Å². The second kappa shape index (κ2) is 3.60. The van der Waals surface area contributed by atoms with E-state index in [1.165, 1.54) is 12.0 Å². The van der Waals surface area contributed by atoms with Crippen molar-refractivity contribution in [1.82, 2.24) is 4.31 Å². The Labute approximate surface area is 81.2 Å². The van der Waals surface area contributed by atoms with E-state index >= 15 is 0 Å². The smallest absolute Gasteiger partial charge is 0.127 e. The first kappa shape index (κ1) is 8.91. The lowest BCUT2D eigenvalue weighted by molar-refractivity contribution is 0.328. The highest BCUT2D eigenvalue weighted by molar-refractivity contribution is 7.82. The summed E-state index contributed by atoms with van der Waals surface area (Å²) in [5.41, 5.74) is 1.21. The molecule has 13 heavy (non-hydrogen) atoms.